The molecule has 0 fully saturated rings. The van der Waals surface area contributed by atoms with Gasteiger partial charge in [-0.3, -0.25) is 0 Å². The van der Waals surface area contributed by atoms with Gasteiger partial charge in [0.1, 0.15) is 6.29 Å². The maximum Gasteiger partial charge on any atom is 0.408 e. The van der Waals surface area contributed by atoms with E-state index in [1.165, 1.54) is 13.8 Å². The van der Waals surface area contributed by atoms with Gasteiger partial charge in [0, 0.05) is 13.0 Å². The van der Waals surface area contributed by atoms with Gasteiger partial charge >= 0.3 is 12.1 Å². The number of nitrogens with one attached hydrogen (secondary N) is 1. The van der Waals surface area contributed by atoms with E-state index in [-0.39, 0.29) is 13.2 Å². The quantitative estimate of drug-likeness (QED) is 0.341. The van der Waals surface area contributed by atoms with Crippen molar-refractivity contribution in [2.24, 2.45) is 0 Å². The lowest BCUT2D eigenvalue weighted by Crippen LogP contribution is -2.41. The molecule has 9 nitrogen and oxygen atoms in total. The van der Waals surface area contributed by atoms with Gasteiger partial charge in [-0.2, -0.15) is 0 Å². The molecule has 0 bridgehead atoms. The molecule has 0 heterocycles. The first-order valence-corrected chi connectivity index (χ1v) is 7.27. The molecule has 0 spiro atoms. The molecule has 2 N–H and O–H groups in total. The number of rotatable bonds is 14. The van der Waals surface area contributed by atoms with Crippen LogP contribution in [0.5, 0.6) is 0 Å². The molecule has 0 aromatic heterocycles. The third kappa shape index (κ3) is 12.5. The van der Waals surface area contributed by atoms with E-state index in [2.05, 4.69) is 5.32 Å². The first-order chi connectivity index (χ1) is 10.9. The summed E-state index contributed by atoms with van der Waals surface area (Å²) in [6, 6.07) is 0. The summed E-state index contributed by atoms with van der Waals surface area (Å²) >= 11 is 0. The Kier molecular flexibility index (Phi) is 11.8. The van der Waals surface area contributed by atoms with Crippen LogP contribution in [0.1, 0.15) is 20.3 Å². The van der Waals surface area contributed by atoms with Crippen molar-refractivity contribution in [3.63, 3.8) is 0 Å². The van der Waals surface area contributed by atoms with E-state index in [1.54, 1.807) is 0 Å². The maximum absolute atomic E-state index is 11.3. The minimum atomic E-state index is -1.58. The van der Waals surface area contributed by atoms with E-state index in [4.69, 9.17) is 24.1 Å². The third-order valence-corrected chi connectivity index (χ3v) is 2.50. The van der Waals surface area contributed by atoms with Crippen LogP contribution in [0.3, 0.4) is 0 Å². The Balaban J connectivity index is 3.38. The molecule has 0 aliphatic carbocycles. The summed E-state index contributed by atoms with van der Waals surface area (Å²) in [5.41, 5.74) is -1.58. The minimum absolute atomic E-state index is 0.198. The normalized spacial score (nSPS) is 11.0. The molecule has 9 heteroatoms. The standard InChI is InChI=1S/C14H25NO8/c1-14(2,12(17)18)23-13(19)15-4-7-21-9-11-22-10-8-20-6-3-5-16/h5H,3-4,6-11H2,1-2H3,(H,15,19)(H,17,18). The lowest BCUT2D eigenvalue weighted by atomic mass is 10.1. The fraction of sp³-hybridized carbons (Fsp3) is 0.786. The Hall–Kier alpha value is -1.71. The summed E-state index contributed by atoms with van der Waals surface area (Å²) < 4.78 is 20.3. The van der Waals surface area contributed by atoms with E-state index in [0.29, 0.717) is 39.5 Å². The molecule has 0 radical (unpaired) electrons. The molecule has 0 aromatic rings. The van der Waals surface area contributed by atoms with E-state index in [1.807, 2.05) is 0 Å². The van der Waals surface area contributed by atoms with Gasteiger partial charge in [0.15, 0.2) is 0 Å². The molecule has 0 aromatic carbocycles. The second-order valence-corrected chi connectivity index (χ2v) is 4.92. The fourth-order valence-corrected chi connectivity index (χ4v) is 1.21. The Morgan fingerprint density at radius 1 is 1.00 bits per heavy atom. The molecule has 0 aliphatic rings. The molecule has 0 unspecified atom stereocenters. The molecular weight excluding hydrogens is 310 g/mol. The van der Waals surface area contributed by atoms with Crippen molar-refractivity contribution in [3.8, 4) is 0 Å². The smallest absolute Gasteiger partial charge is 0.408 e. The van der Waals surface area contributed by atoms with Crippen LogP contribution in [0.15, 0.2) is 0 Å². The Morgan fingerprint density at radius 3 is 2.04 bits per heavy atom. The van der Waals surface area contributed by atoms with Crippen molar-refractivity contribution in [2.75, 3.05) is 46.2 Å². The number of amides is 1. The molecule has 0 atom stereocenters. The van der Waals surface area contributed by atoms with Crippen molar-refractivity contribution in [3.05, 3.63) is 0 Å². The van der Waals surface area contributed by atoms with Crippen LogP contribution < -0.4 is 5.32 Å². The number of aldehydes is 1. The highest BCUT2D eigenvalue weighted by atomic mass is 16.6. The monoisotopic (exact) mass is 335 g/mol. The van der Waals surface area contributed by atoms with Gasteiger partial charge in [-0.15, -0.1) is 0 Å². The molecule has 0 saturated carbocycles. The highest BCUT2D eigenvalue weighted by Gasteiger charge is 2.31. The van der Waals surface area contributed by atoms with Crippen LogP contribution in [0.2, 0.25) is 0 Å². The van der Waals surface area contributed by atoms with Crippen LogP contribution in [0.4, 0.5) is 4.79 Å². The Labute approximate surface area is 135 Å². The second kappa shape index (κ2) is 12.8. The van der Waals surface area contributed by atoms with E-state index >= 15 is 0 Å². The summed E-state index contributed by atoms with van der Waals surface area (Å²) in [6.07, 6.45) is 0.355. The number of carbonyl (C=O) groups is 3. The van der Waals surface area contributed by atoms with E-state index < -0.39 is 17.7 Å². The van der Waals surface area contributed by atoms with Crippen LogP contribution in [0, 0.1) is 0 Å². The lowest BCUT2D eigenvalue weighted by Gasteiger charge is -2.20. The van der Waals surface area contributed by atoms with Crippen LogP contribution in [-0.2, 0) is 28.5 Å². The van der Waals surface area contributed by atoms with Crippen LogP contribution >= 0.6 is 0 Å². The van der Waals surface area contributed by atoms with Crippen LogP contribution in [-0.4, -0.2) is 75.2 Å². The summed E-state index contributed by atoms with van der Waals surface area (Å²) in [7, 11) is 0. The zero-order chi connectivity index (χ0) is 17.6. The Bertz CT molecular complexity index is 359. The lowest BCUT2D eigenvalue weighted by molar-refractivity contribution is -0.154. The van der Waals surface area contributed by atoms with E-state index in [0.717, 1.165) is 6.29 Å². The second-order valence-electron chi connectivity index (χ2n) is 4.92. The average molecular weight is 335 g/mol. The van der Waals surface area contributed by atoms with E-state index in [9.17, 15) is 14.4 Å². The summed E-state index contributed by atoms with van der Waals surface area (Å²) in [5, 5.41) is 11.2. The van der Waals surface area contributed by atoms with Gasteiger partial charge in [0.05, 0.1) is 39.6 Å². The molecule has 1 amide bonds. The van der Waals surface area contributed by atoms with Crippen LogP contribution in [0.25, 0.3) is 0 Å². The molecule has 0 aliphatic heterocycles. The number of aliphatic carboxylic acids is 1. The number of ether oxygens (including phenoxy) is 4. The van der Waals surface area contributed by atoms with Gasteiger partial charge in [-0.25, -0.2) is 9.59 Å². The van der Waals surface area contributed by atoms with Gasteiger partial charge in [-0.05, 0) is 13.8 Å². The predicted octanol–water partition coefficient (Wildman–Crippen LogP) is 0.215. The van der Waals surface area contributed by atoms with Gasteiger partial charge in [0.25, 0.3) is 0 Å². The average Bonchev–Trinajstić information content (AvgIpc) is 2.47. The molecule has 0 rings (SSSR count). The SMILES string of the molecule is CC(C)(OC(=O)NCCOCCOCCOCCC=O)C(=O)O. The minimum Gasteiger partial charge on any atom is -0.478 e. The zero-order valence-electron chi connectivity index (χ0n) is 13.5. The number of hydrogen-bond donors (Lipinski definition) is 2. The highest BCUT2D eigenvalue weighted by Crippen LogP contribution is 2.08. The topological polar surface area (TPSA) is 120 Å². The summed E-state index contributed by atoms with van der Waals surface area (Å²) in [5.74, 6) is -1.23. The molecule has 23 heavy (non-hydrogen) atoms. The number of alkyl carbamates (subject to hydrolysis) is 1. The van der Waals surface area contributed by atoms with Crippen molar-refractivity contribution in [1.29, 1.82) is 0 Å². The number of hydrogen-bond acceptors (Lipinski definition) is 7. The van der Waals surface area contributed by atoms with Gasteiger partial charge in [-0.1, -0.05) is 0 Å². The summed E-state index contributed by atoms with van der Waals surface area (Å²) in [6.45, 7) is 4.97. The van der Waals surface area contributed by atoms with Gasteiger partial charge < -0.3 is 34.2 Å². The maximum atomic E-state index is 11.3. The summed E-state index contributed by atoms with van der Waals surface area (Å²) in [4.78, 5) is 32.1. The zero-order valence-corrected chi connectivity index (χ0v) is 13.5. The first kappa shape index (κ1) is 21.3. The van der Waals surface area contributed by atoms with Crippen molar-refractivity contribution in [1.82, 2.24) is 5.32 Å². The fourth-order valence-electron chi connectivity index (χ4n) is 1.21. The van der Waals surface area contributed by atoms with Crippen molar-refractivity contribution >= 4 is 18.3 Å². The largest absolute Gasteiger partial charge is 0.478 e. The number of carboxylic acid groups (broad SMARTS) is 1. The Morgan fingerprint density at radius 2 is 1.52 bits per heavy atom. The molecule has 0 saturated heterocycles. The number of carboxylic acids is 1. The molecule has 134 valence electrons. The van der Waals surface area contributed by atoms with Gasteiger partial charge in [0.2, 0.25) is 5.60 Å². The highest BCUT2D eigenvalue weighted by molar-refractivity contribution is 5.80. The first-order valence-electron chi connectivity index (χ1n) is 7.27. The predicted molar refractivity (Wildman–Crippen MR) is 79.3 cm³/mol. The van der Waals surface area contributed by atoms with Crippen molar-refractivity contribution < 1.29 is 38.4 Å². The third-order valence-electron chi connectivity index (χ3n) is 2.50. The molecular formula is C14H25NO8. The van der Waals surface area contributed by atoms with Crippen molar-refractivity contribution in [2.45, 2.75) is 25.9 Å². The number of carbonyl (C=O) groups excluding carboxylic acids is 2.